The van der Waals surface area contributed by atoms with Gasteiger partial charge in [-0.2, -0.15) is 9.61 Å². The predicted molar refractivity (Wildman–Crippen MR) is 126 cm³/mol. The molecule has 0 unspecified atom stereocenters. The monoisotopic (exact) mass is 432 g/mol. The highest BCUT2D eigenvalue weighted by Crippen LogP contribution is 2.26. The molecule has 6 heteroatoms. The third kappa shape index (κ3) is 5.27. The van der Waals surface area contributed by atoms with Gasteiger partial charge in [0.05, 0.1) is 5.69 Å². The number of nitrogens with zero attached hydrogens (tertiary/aromatic N) is 4. The third-order valence-electron chi connectivity index (χ3n) is 5.10. The van der Waals surface area contributed by atoms with Crippen LogP contribution in [0.4, 0.5) is 0 Å². The Labute approximate surface area is 187 Å². The number of fused-ring (bicyclic) bond motifs is 1. The first-order valence-corrected chi connectivity index (χ1v) is 11.3. The first kappa shape index (κ1) is 21.4. The van der Waals surface area contributed by atoms with E-state index in [4.69, 9.17) is 4.98 Å². The molecule has 0 bridgehead atoms. The minimum atomic E-state index is -0.123. The first-order valence-electron chi connectivity index (χ1n) is 10.5. The second kappa shape index (κ2) is 8.73. The zero-order valence-electron chi connectivity index (χ0n) is 18.5. The Morgan fingerprint density at radius 3 is 2.23 bits per heavy atom. The number of aryl methyl sites for hydroxylation is 1. The van der Waals surface area contributed by atoms with Gasteiger partial charge < -0.3 is 0 Å². The number of hydrogen-bond donors (Lipinski definition) is 0. The van der Waals surface area contributed by atoms with E-state index in [2.05, 4.69) is 86.2 Å². The molecule has 0 saturated heterocycles. The van der Waals surface area contributed by atoms with Gasteiger partial charge in [-0.25, -0.2) is 4.98 Å². The highest BCUT2D eigenvalue weighted by molar-refractivity contribution is 7.16. The van der Waals surface area contributed by atoms with E-state index >= 15 is 0 Å². The quantitative estimate of drug-likeness (QED) is 0.432. The molecule has 2 aromatic heterocycles. The summed E-state index contributed by atoms with van der Waals surface area (Å²) in [5, 5.41) is 5.41. The largest absolute Gasteiger partial charge is 0.289 e. The average molecular weight is 433 g/mol. The van der Waals surface area contributed by atoms with Gasteiger partial charge in [-0.05, 0) is 18.1 Å². The van der Waals surface area contributed by atoms with Crippen molar-refractivity contribution in [2.45, 2.75) is 52.7 Å². The molecule has 5 nitrogen and oxygen atoms in total. The molecule has 0 fully saturated rings. The molecule has 0 saturated carbocycles. The van der Waals surface area contributed by atoms with E-state index in [1.165, 1.54) is 32.5 Å². The molecule has 160 valence electrons. The van der Waals surface area contributed by atoms with E-state index in [9.17, 15) is 4.79 Å². The van der Waals surface area contributed by atoms with Crippen LogP contribution in [0.1, 0.15) is 48.2 Å². The predicted octanol–water partition coefficient (Wildman–Crippen LogP) is 4.96. The molecule has 0 radical (unpaired) electrons. The lowest BCUT2D eigenvalue weighted by Crippen LogP contribution is -2.25. The lowest BCUT2D eigenvalue weighted by molar-refractivity contribution is 0.244. The van der Waals surface area contributed by atoms with Crippen LogP contribution >= 0.6 is 11.3 Å². The maximum absolute atomic E-state index is 12.7. The van der Waals surface area contributed by atoms with Gasteiger partial charge in [0.25, 0.3) is 5.56 Å². The van der Waals surface area contributed by atoms with Gasteiger partial charge in [0.15, 0.2) is 0 Å². The van der Waals surface area contributed by atoms with E-state index in [0.29, 0.717) is 11.5 Å². The second-order valence-electron chi connectivity index (χ2n) is 9.05. The normalized spacial score (nSPS) is 12.0. The molecule has 0 amide bonds. The summed E-state index contributed by atoms with van der Waals surface area (Å²) in [6, 6.07) is 20.6. The SMILES string of the molecule is Cc1ccc(CN(Cc2ccccc2)Cc2cc(=O)n3nc(C(C)(C)C)sc3n2)cc1. The summed E-state index contributed by atoms with van der Waals surface area (Å²) in [5.74, 6) is 0. The zero-order valence-corrected chi connectivity index (χ0v) is 19.3. The van der Waals surface area contributed by atoms with E-state index in [0.717, 1.165) is 23.8 Å². The summed E-state index contributed by atoms with van der Waals surface area (Å²) in [4.78, 5) is 20.5. The Hall–Kier alpha value is -2.83. The molecule has 0 aliphatic heterocycles. The van der Waals surface area contributed by atoms with Crippen molar-refractivity contribution in [3.63, 3.8) is 0 Å². The smallest absolute Gasteiger partial charge is 0.275 e. The third-order valence-corrected chi connectivity index (χ3v) is 6.44. The highest BCUT2D eigenvalue weighted by Gasteiger charge is 2.21. The van der Waals surface area contributed by atoms with Crippen LogP contribution in [0, 0.1) is 6.92 Å². The fourth-order valence-electron chi connectivity index (χ4n) is 3.43. The van der Waals surface area contributed by atoms with Gasteiger partial charge in [0.1, 0.15) is 5.01 Å². The molecular weight excluding hydrogens is 404 g/mol. The molecule has 0 atom stereocenters. The summed E-state index contributed by atoms with van der Waals surface area (Å²) >= 11 is 1.49. The zero-order chi connectivity index (χ0) is 22.0. The van der Waals surface area contributed by atoms with Crippen LogP contribution in [0.3, 0.4) is 0 Å². The molecule has 2 aromatic carbocycles. The first-order chi connectivity index (χ1) is 14.8. The fourth-order valence-corrected chi connectivity index (χ4v) is 4.41. The van der Waals surface area contributed by atoms with Crippen molar-refractivity contribution in [1.29, 1.82) is 0 Å². The number of rotatable bonds is 6. The van der Waals surface area contributed by atoms with Crippen LogP contribution in [-0.4, -0.2) is 19.5 Å². The van der Waals surface area contributed by atoms with Gasteiger partial charge in [0, 0.05) is 31.1 Å². The topological polar surface area (TPSA) is 50.5 Å². The summed E-state index contributed by atoms with van der Waals surface area (Å²) in [7, 11) is 0. The van der Waals surface area contributed by atoms with Gasteiger partial charge in [0.2, 0.25) is 4.96 Å². The van der Waals surface area contributed by atoms with Crippen LogP contribution in [0.15, 0.2) is 65.5 Å². The van der Waals surface area contributed by atoms with Gasteiger partial charge >= 0.3 is 0 Å². The van der Waals surface area contributed by atoms with Crippen LogP contribution in [0.25, 0.3) is 4.96 Å². The summed E-state index contributed by atoms with van der Waals surface area (Å²) in [5.41, 5.74) is 4.26. The van der Waals surface area contributed by atoms with E-state index in [1.54, 1.807) is 6.07 Å². The van der Waals surface area contributed by atoms with Gasteiger partial charge in [-0.3, -0.25) is 9.69 Å². The van der Waals surface area contributed by atoms with Crippen molar-refractivity contribution >= 4 is 16.3 Å². The van der Waals surface area contributed by atoms with Crippen LogP contribution in [-0.2, 0) is 25.0 Å². The van der Waals surface area contributed by atoms with E-state index in [-0.39, 0.29) is 11.0 Å². The van der Waals surface area contributed by atoms with Crippen molar-refractivity contribution in [3.05, 3.63) is 98.4 Å². The molecule has 31 heavy (non-hydrogen) atoms. The van der Waals surface area contributed by atoms with Crippen molar-refractivity contribution in [1.82, 2.24) is 19.5 Å². The maximum atomic E-state index is 12.7. The van der Waals surface area contributed by atoms with E-state index in [1.807, 2.05) is 6.07 Å². The van der Waals surface area contributed by atoms with E-state index < -0.39 is 0 Å². The Balaban J connectivity index is 1.64. The number of aromatic nitrogens is 3. The molecule has 0 N–H and O–H groups in total. The standard InChI is InChI=1S/C25H28N4OS/c1-18-10-12-20(13-11-18)16-28(15-19-8-6-5-7-9-19)17-21-14-22(30)29-24(26-21)31-23(27-29)25(2,3)4/h5-14H,15-17H2,1-4H3. The second-order valence-corrected chi connectivity index (χ2v) is 10.0. The summed E-state index contributed by atoms with van der Waals surface area (Å²) in [6.07, 6.45) is 0. The van der Waals surface area contributed by atoms with Crippen LogP contribution in [0.2, 0.25) is 0 Å². The Kier molecular flexibility index (Phi) is 6.03. The molecular formula is C25H28N4OS. The van der Waals surface area contributed by atoms with Gasteiger partial charge in [-0.15, -0.1) is 0 Å². The van der Waals surface area contributed by atoms with Gasteiger partial charge in [-0.1, -0.05) is 92.3 Å². The summed E-state index contributed by atoms with van der Waals surface area (Å²) < 4.78 is 1.43. The maximum Gasteiger partial charge on any atom is 0.275 e. The molecule has 4 aromatic rings. The Bertz CT molecular complexity index is 1220. The van der Waals surface area contributed by atoms with Crippen LogP contribution < -0.4 is 5.56 Å². The number of hydrogen-bond acceptors (Lipinski definition) is 5. The fraction of sp³-hybridized carbons (Fsp3) is 0.320. The highest BCUT2D eigenvalue weighted by atomic mass is 32.1. The summed E-state index contributed by atoms with van der Waals surface area (Å²) in [6.45, 7) is 10.5. The number of benzene rings is 2. The molecule has 0 aliphatic carbocycles. The Morgan fingerprint density at radius 1 is 0.935 bits per heavy atom. The molecule has 2 heterocycles. The minimum Gasteiger partial charge on any atom is -0.289 e. The minimum absolute atomic E-state index is 0.115. The average Bonchev–Trinajstić information content (AvgIpc) is 3.16. The van der Waals surface area contributed by atoms with Crippen molar-refractivity contribution in [2.75, 3.05) is 0 Å². The van der Waals surface area contributed by atoms with Crippen molar-refractivity contribution in [2.24, 2.45) is 0 Å². The van der Waals surface area contributed by atoms with Crippen molar-refractivity contribution < 1.29 is 0 Å². The Morgan fingerprint density at radius 2 is 1.58 bits per heavy atom. The van der Waals surface area contributed by atoms with Crippen LogP contribution in [0.5, 0.6) is 0 Å². The molecule has 4 rings (SSSR count). The molecule has 0 aliphatic rings. The molecule has 0 spiro atoms. The lowest BCUT2D eigenvalue weighted by atomic mass is 9.98. The van der Waals surface area contributed by atoms with Crippen molar-refractivity contribution in [3.8, 4) is 0 Å². The lowest BCUT2D eigenvalue weighted by Gasteiger charge is -2.22.